The topological polar surface area (TPSA) is 92.8 Å². The van der Waals surface area contributed by atoms with Crippen molar-refractivity contribution in [1.82, 2.24) is 10.2 Å². The van der Waals surface area contributed by atoms with Crippen LogP contribution in [0.1, 0.15) is 22.8 Å². The number of halogens is 1. The van der Waals surface area contributed by atoms with Crippen LogP contribution in [-0.4, -0.2) is 41.7 Å². The zero-order valence-electron chi connectivity index (χ0n) is 15.0. The molecule has 3 rings (SSSR count). The van der Waals surface area contributed by atoms with Crippen molar-refractivity contribution in [3.8, 4) is 0 Å². The predicted octanol–water partition coefficient (Wildman–Crippen LogP) is 2.02. The van der Waals surface area contributed by atoms with E-state index in [0.29, 0.717) is 5.56 Å². The molecular weight excluding hydrogens is 367 g/mol. The van der Waals surface area contributed by atoms with Crippen LogP contribution in [0.2, 0.25) is 0 Å². The van der Waals surface area contributed by atoms with E-state index >= 15 is 0 Å². The Kier molecular flexibility index (Phi) is 5.21. The minimum atomic E-state index is -1.30. The number of nitrogens with one attached hydrogen (secondary N) is 1. The molecule has 0 spiro atoms. The third-order valence-electron chi connectivity index (χ3n) is 4.42. The van der Waals surface area contributed by atoms with E-state index in [1.54, 1.807) is 37.3 Å². The lowest BCUT2D eigenvalue weighted by Gasteiger charge is -2.21. The summed E-state index contributed by atoms with van der Waals surface area (Å²) in [6.45, 7) is 0.285. The predicted molar refractivity (Wildman–Crippen MR) is 95.7 cm³/mol. The number of ether oxygens (including phenoxy) is 1. The number of hydrogen-bond acceptors (Lipinski definition) is 5. The summed E-state index contributed by atoms with van der Waals surface area (Å²) in [6, 6.07) is 12.9. The number of urea groups is 1. The number of rotatable bonds is 6. The Morgan fingerprint density at radius 3 is 2.50 bits per heavy atom. The van der Waals surface area contributed by atoms with E-state index in [1.807, 2.05) is 0 Å². The van der Waals surface area contributed by atoms with Crippen molar-refractivity contribution in [2.24, 2.45) is 0 Å². The van der Waals surface area contributed by atoms with Crippen molar-refractivity contribution in [3.63, 3.8) is 0 Å². The first-order valence-electron chi connectivity index (χ1n) is 8.45. The molecule has 144 valence electrons. The van der Waals surface area contributed by atoms with Gasteiger partial charge in [-0.25, -0.2) is 9.18 Å². The van der Waals surface area contributed by atoms with Crippen LogP contribution < -0.4 is 5.32 Å². The van der Waals surface area contributed by atoms with Gasteiger partial charge >= 0.3 is 12.0 Å². The molecule has 1 fully saturated rings. The monoisotopic (exact) mass is 384 g/mol. The molecule has 0 aliphatic carbocycles. The molecule has 0 aromatic heterocycles. The highest BCUT2D eigenvalue weighted by atomic mass is 19.1. The Bertz CT molecular complexity index is 947. The molecule has 28 heavy (non-hydrogen) atoms. The second kappa shape index (κ2) is 7.59. The fourth-order valence-corrected chi connectivity index (χ4v) is 2.87. The first-order valence-corrected chi connectivity index (χ1v) is 8.45. The lowest BCUT2D eigenvalue weighted by Crippen LogP contribution is -2.41. The highest BCUT2D eigenvalue weighted by molar-refractivity contribution is 6.09. The van der Waals surface area contributed by atoms with Gasteiger partial charge in [-0.3, -0.25) is 19.3 Å². The van der Waals surface area contributed by atoms with Gasteiger partial charge in [-0.1, -0.05) is 42.5 Å². The summed E-state index contributed by atoms with van der Waals surface area (Å²) >= 11 is 0. The molecular formula is C20H17FN2O5. The maximum atomic E-state index is 13.1. The summed E-state index contributed by atoms with van der Waals surface area (Å²) in [5, 5.41) is 2.57. The Labute approximate surface area is 160 Å². The number of carbonyl (C=O) groups is 4. The summed E-state index contributed by atoms with van der Waals surface area (Å²) < 4.78 is 18.0. The standard InChI is InChI=1S/C20H17FN2O5/c1-20(14-7-3-2-4-8-14)18(26)23(19(27)22-20)11-17(25)28-12-16(24)13-6-5-9-15(21)10-13/h2-10H,11-12H2,1H3,(H,22,27)/t20-/m0/s1. The molecule has 1 aliphatic rings. The van der Waals surface area contributed by atoms with Gasteiger partial charge in [0.25, 0.3) is 5.91 Å². The van der Waals surface area contributed by atoms with E-state index in [1.165, 1.54) is 18.2 Å². The van der Waals surface area contributed by atoms with E-state index in [-0.39, 0.29) is 5.56 Å². The van der Waals surface area contributed by atoms with E-state index in [2.05, 4.69) is 5.32 Å². The number of nitrogens with zero attached hydrogens (tertiary/aromatic N) is 1. The number of esters is 1. The number of carbonyl (C=O) groups excluding carboxylic acids is 4. The SMILES string of the molecule is C[C@@]1(c2ccccc2)NC(=O)N(CC(=O)OCC(=O)c2cccc(F)c2)C1=O. The summed E-state index contributed by atoms with van der Waals surface area (Å²) in [5.74, 6) is -2.71. The highest BCUT2D eigenvalue weighted by Gasteiger charge is 2.49. The average Bonchev–Trinajstić information content (AvgIpc) is 2.91. The van der Waals surface area contributed by atoms with E-state index in [0.717, 1.165) is 11.0 Å². The number of Topliss-reactive ketones (excluding diaryl/α,β-unsaturated/α-hetero) is 1. The van der Waals surface area contributed by atoms with Crippen molar-refractivity contribution in [2.75, 3.05) is 13.2 Å². The van der Waals surface area contributed by atoms with Crippen LogP contribution in [0.25, 0.3) is 0 Å². The van der Waals surface area contributed by atoms with Crippen molar-refractivity contribution in [2.45, 2.75) is 12.5 Å². The Morgan fingerprint density at radius 1 is 1.11 bits per heavy atom. The van der Waals surface area contributed by atoms with Crippen LogP contribution in [0.15, 0.2) is 54.6 Å². The first-order chi connectivity index (χ1) is 13.3. The van der Waals surface area contributed by atoms with Crippen LogP contribution in [0.5, 0.6) is 0 Å². The van der Waals surface area contributed by atoms with Gasteiger partial charge in [0.1, 0.15) is 17.9 Å². The molecule has 3 amide bonds. The fourth-order valence-electron chi connectivity index (χ4n) is 2.87. The molecule has 1 N–H and O–H groups in total. The summed E-state index contributed by atoms with van der Waals surface area (Å²) in [6.07, 6.45) is 0. The number of imide groups is 1. The van der Waals surface area contributed by atoms with Gasteiger partial charge in [0.05, 0.1) is 0 Å². The highest BCUT2D eigenvalue weighted by Crippen LogP contribution is 2.28. The Hall–Kier alpha value is -3.55. The lowest BCUT2D eigenvalue weighted by atomic mass is 9.92. The molecule has 0 radical (unpaired) electrons. The van der Waals surface area contributed by atoms with Crippen molar-refractivity contribution < 1.29 is 28.3 Å². The van der Waals surface area contributed by atoms with Crippen LogP contribution in [0, 0.1) is 5.82 Å². The molecule has 2 aromatic carbocycles. The molecule has 0 bridgehead atoms. The average molecular weight is 384 g/mol. The summed E-state index contributed by atoms with van der Waals surface area (Å²) in [4.78, 5) is 49.6. The molecule has 1 saturated heterocycles. The Balaban J connectivity index is 1.62. The zero-order valence-corrected chi connectivity index (χ0v) is 15.0. The van der Waals surface area contributed by atoms with E-state index in [9.17, 15) is 23.6 Å². The maximum Gasteiger partial charge on any atom is 0.326 e. The molecule has 8 heteroatoms. The molecule has 1 heterocycles. The van der Waals surface area contributed by atoms with Crippen molar-refractivity contribution in [1.29, 1.82) is 0 Å². The maximum absolute atomic E-state index is 13.1. The number of ketones is 1. The minimum absolute atomic E-state index is 0.0550. The quantitative estimate of drug-likeness (QED) is 0.467. The third kappa shape index (κ3) is 3.75. The van der Waals surface area contributed by atoms with Gasteiger partial charge in [0.2, 0.25) is 0 Å². The number of hydrogen-bond donors (Lipinski definition) is 1. The lowest BCUT2D eigenvalue weighted by molar-refractivity contribution is -0.146. The van der Waals surface area contributed by atoms with Gasteiger partial charge in [-0.2, -0.15) is 0 Å². The second-order valence-corrected chi connectivity index (χ2v) is 6.41. The summed E-state index contributed by atoms with van der Waals surface area (Å²) in [5.41, 5.74) is -0.666. The van der Waals surface area contributed by atoms with Gasteiger partial charge in [0.15, 0.2) is 12.4 Å². The molecule has 1 atom stereocenters. The van der Waals surface area contributed by atoms with Crippen LogP contribution in [0.3, 0.4) is 0 Å². The minimum Gasteiger partial charge on any atom is -0.456 e. The largest absolute Gasteiger partial charge is 0.456 e. The van der Waals surface area contributed by atoms with E-state index in [4.69, 9.17) is 4.74 Å². The molecule has 2 aromatic rings. The third-order valence-corrected chi connectivity index (χ3v) is 4.42. The molecule has 0 unspecified atom stereocenters. The fraction of sp³-hybridized carbons (Fsp3) is 0.200. The number of amides is 3. The second-order valence-electron chi connectivity index (χ2n) is 6.41. The van der Waals surface area contributed by atoms with Crippen LogP contribution in [0.4, 0.5) is 9.18 Å². The van der Waals surface area contributed by atoms with Crippen molar-refractivity contribution >= 4 is 23.7 Å². The first kappa shape index (κ1) is 19.2. The van der Waals surface area contributed by atoms with Crippen molar-refractivity contribution in [3.05, 3.63) is 71.5 Å². The van der Waals surface area contributed by atoms with E-state index < -0.39 is 48.2 Å². The van der Waals surface area contributed by atoms with Gasteiger partial charge in [-0.05, 0) is 24.6 Å². The van der Waals surface area contributed by atoms with Gasteiger partial charge < -0.3 is 10.1 Å². The molecule has 7 nitrogen and oxygen atoms in total. The summed E-state index contributed by atoms with van der Waals surface area (Å²) in [7, 11) is 0. The van der Waals surface area contributed by atoms with Crippen LogP contribution >= 0.6 is 0 Å². The number of benzene rings is 2. The smallest absolute Gasteiger partial charge is 0.326 e. The van der Waals surface area contributed by atoms with Crippen LogP contribution in [-0.2, 0) is 19.9 Å². The van der Waals surface area contributed by atoms with Gasteiger partial charge in [0, 0.05) is 5.56 Å². The zero-order chi connectivity index (χ0) is 20.3. The normalized spacial score (nSPS) is 18.7. The molecule has 1 aliphatic heterocycles. The Morgan fingerprint density at radius 2 is 1.82 bits per heavy atom. The molecule has 0 saturated carbocycles. The van der Waals surface area contributed by atoms with Gasteiger partial charge in [-0.15, -0.1) is 0 Å².